The van der Waals surface area contributed by atoms with Crippen LogP contribution in [0, 0.1) is 0 Å². The average molecular weight is 330 g/mol. The quantitative estimate of drug-likeness (QED) is 0.741. The Balaban J connectivity index is 2.20. The largest absolute Gasteiger partial charge is 0.357 e. The summed E-state index contributed by atoms with van der Waals surface area (Å²) in [6.45, 7) is 4.25. The summed E-state index contributed by atoms with van der Waals surface area (Å²) < 4.78 is 24.7. The Morgan fingerprint density at radius 1 is 1.48 bits per heavy atom. The van der Waals surface area contributed by atoms with Gasteiger partial charge in [-0.2, -0.15) is 0 Å². The van der Waals surface area contributed by atoms with Crippen molar-refractivity contribution in [2.24, 2.45) is 0 Å². The van der Waals surface area contributed by atoms with Gasteiger partial charge in [-0.25, -0.2) is 13.4 Å². The SMILES string of the molecule is CCCNCc1c(N(C)CCS(C)(=O)=O)nc2sccn12. The van der Waals surface area contributed by atoms with E-state index in [2.05, 4.69) is 21.6 Å². The molecule has 0 bridgehead atoms. The van der Waals surface area contributed by atoms with E-state index < -0.39 is 9.84 Å². The van der Waals surface area contributed by atoms with Gasteiger partial charge < -0.3 is 10.2 Å². The van der Waals surface area contributed by atoms with Crippen LogP contribution in [0.25, 0.3) is 4.96 Å². The van der Waals surface area contributed by atoms with E-state index in [1.54, 1.807) is 11.3 Å². The number of nitrogens with zero attached hydrogens (tertiary/aromatic N) is 3. The molecule has 118 valence electrons. The van der Waals surface area contributed by atoms with E-state index in [1.165, 1.54) is 6.26 Å². The van der Waals surface area contributed by atoms with Gasteiger partial charge in [0, 0.05) is 38.0 Å². The van der Waals surface area contributed by atoms with Gasteiger partial charge in [-0.05, 0) is 13.0 Å². The number of rotatable bonds is 8. The minimum atomic E-state index is -2.97. The number of imidazole rings is 1. The lowest BCUT2D eigenvalue weighted by Crippen LogP contribution is -2.27. The van der Waals surface area contributed by atoms with Crippen molar-refractivity contribution in [1.82, 2.24) is 14.7 Å². The molecular formula is C13H22N4O2S2. The number of fused-ring (bicyclic) bond motifs is 1. The molecule has 0 aliphatic heterocycles. The zero-order valence-electron chi connectivity index (χ0n) is 12.7. The highest BCUT2D eigenvalue weighted by atomic mass is 32.2. The van der Waals surface area contributed by atoms with Crippen LogP contribution in [0.15, 0.2) is 11.6 Å². The van der Waals surface area contributed by atoms with Crippen LogP contribution >= 0.6 is 11.3 Å². The van der Waals surface area contributed by atoms with Crippen molar-refractivity contribution < 1.29 is 8.42 Å². The third-order valence-corrected chi connectivity index (χ3v) is 4.90. The van der Waals surface area contributed by atoms with E-state index in [1.807, 2.05) is 23.5 Å². The normalized spacial score (nSPS) is 12.1. The fourth-order valence-corrected chi connectivity index (χ4v) is 3.42. The van der Waals surface area contributed by atoms with E-state index in [-0.39, 0.29) is 5.75 Å². The molecule has 2 heterocycles. The monoisotopic (exact) mass is 330 g/mol. The minimum absolute atomic E-state index is 0.135. The van der Waals surface area contributed by atoms with Gasteiger partial charge in [-0.3, -0.25) is 4.40 Å². The highest BCUT2D eigenvalue weighted by molar-refractivity contribution is 7.90. The van der Waals surface area contributed by atoms with Gasteiger partial charge in [0.25, 0.3) is 0 Å². The van der Waals surface area contributed by atoms with Crippen LogP contribution in [0.3, 0.4) is 0 Å². The summed E-state index contributed by atoms with van der Waals surface area (Å²) >= 11 is 1.58. The lowest BCUT2D eigenvalue weighted by Gasteiger charge is -2.18. The van der Waals surface area contributed by atoms with Crippen molar-refractivity contribution in [3.63, 3.8) is 0 Å². The number of nitrogens with one attached hydrogen (secondary N) is 1. The van der Waals surface area contributed by atoms with E-state index in [0.717, 1.165) is 36.0 Å². The number of hydrogen-bond donors (Lipinski definition) is 1. The molecule has 2 aromatic heterocycles. The van der Waals surface area contributed by atoms with E-state index >= 15 is 0 Å². The molecule has 2 aromatic rings. The Kier molecular flexibility index (Phi) is 5.23. The molecule has 0 aliphatic rings. The van der Waals surface area contributed by atoms with Crippen LogP contribution < -0.4 is 10.2 Å². The molecule has 0 fully saturated rings. The molecule has 0 unspecified atom stereocenters. The van der Waals surface area contributed by atoms with Crippen LogP contribution in [0.1, 0.15) is 19.0 Å². The molecule has 0 spiro atoms. The summed E-state index contributed by atoms with van der Waals surface area (Å²) in [7, 11) is -1.08. The second-order valence-corrected chi connectivity index (χ2v) is 8.30. The Morgan fingerprint density at radius 3 is 2.90 bits per heavy atom. The molecule has 0 atom stereocenters. The number of hydrogen-bond acceptors (Lipinski definition) is 6. The number of anilines is 1. The maximum atomic E-state index is 11.3. The van der Waals surface area contributed by atoms with Gasteiger partial charge in [0.05, 0.1) is 11.4 Å². The Morgan fingerprint density at radius 2 is 2.24 bits per heavy atom. The maximum Gasteiger partial charge on any atom is 0.195 e. The number of sulfone groups is 1. The van der Waals surface area contributed by atoms with Gasteiger partial charge in [-0.15, -0.1) is 11.3 Å². The van der Waals surface area contributed by atoms with Crippen LogP contribution in [-0.4, -0.2) is 49.9 Å². The summed E-state index contributed by atoms with van der Waals surface area (Å²) in [6.07, 6.45) is 4.34. The van der Waals surface area contributed by atoms with Crippen LogP contribution in [0.4, 0.5) is 5.82 Å². The molecule has 0 radical (unpaired) electrons. The van der Waals surface area contributed by atoms with Gasteiger partial charge >= 0.3 is 0 Å². The van der Waals surface area contributed by atoms with Crippen molar-refractivity contribution >= 4 is 32.0 Å². The minimum Gasteiger partial charge on any atom is -0.357 e. The molecule has 2 rings (SSSR count). The zero-order chi connectivity index (χ0) is 15.5. The van der Waals surface area contributed by atoms with Gasteiger partial charge in [0.15, 0.2) is 10.8 Å². The van der Waals surface area contributed by atoms with E-state index in [0.29, 0.717) is 6.54 Å². The molecule has 0 saturated carbocycles. The first-order valence-corrected chi connectivity index (χ1v) is 9.90. The Labute approximate surface area is 129 Å². The molecule has 1 N–H and O–H groups in total. The van der Waals surface area contributed by atoms with Gasteiger partial charge in [-0.1, -0.05) is 6.92 Å². The first-order chi connectivity index (χ1) is 9.92. The molecule has 8 heteroatoms. The van der Waals surface area contributed by atoms with Crippen molar-refractivity contribution in [3.8, 4) is 0 Å². The van der Waals surface area contributed by atoms with E-state index in [9.17, 15) is 8.42 Å². The molecule has 21 heavy (non-hydrogen) atoms. The molecule has 6 nitrogen and oxygen atoms in total. The predicted molar refractivity (Wildman–Crippen MR) is 88.0 cm³/mol. The fraction of sp³-hybridized carbons (Fsp3) is 0.615. The second-order valence-electron chi connectivity index (χ2n) is 5.17. The van der Waals surface area contributed by atoms with Crippen molar-refractivity contribution in [1.29, 1.82) is 0 Å². The smallest absolute Gasteiger partial charge is 0.195 e. The van der Waals surface area contributed by atoms with Crippen molar-refractivity contribution in [3.05, 3.63) is 17.3 Å². The summed E-state index contributed by atoms with van der Waals surface area (Å²) in [5.41, 5.74) is 1.08. The zero-order valence-corrected chi connectivity index (χ0v) is 14.3. The summed E-state index contributed by atoms with van der Waals surface area (Å²) in [5.74, 6) is 0.991. The van der Waals surface area contributed by atoms with Crippen molar-refractivity contribution in [2.75, 3.05) is 37.0 Å². The first-order valence-electron chi connectivity index (χ1n) is 6.96. The summed E-state index contributed by atoms with van der Waals surface area (Å²) in [5, 5.41) is 5.39. The standard InChI is InChI=1S/C13H22N4O2S2/c1-4-5-14-10-11-12(15-13-17(11)6-8-20-13)16(2)7-9-21(3,18)19/h6,8,14H,4-5,7,9-10H2,1-3H3. The van der Waals surface area contributed by atoms with Gasteiger partial charge in [0.2, 0.25) is 0 Å². The topological polar surface area (TPSA) is 66.7 Å². The highest BCUT2D eigenvalue weighted by Crippen LogP contribution is 2.23. The molecule has 0 amide bonds. The van der Waals surface area contributed by atoms with Crippen LogP contribution in [0.5, 0.6) is 0 Å². The summed E-state index contributed by atoms with van der Waals surface area (Å²) in [4.78, 5) is 7.48. The van der Waals surface area contributed by atoms with Crippen LogP contribution in [-0.2, 0) is 16.4 Å². The maximum absolute atomic E-state index is 11.3. The number of aromatic nitrogens is 2. The van der Waals surface area contributed by atoms with Gasteiger partial charge in [0.1, 0.15) is 9.84 Å². The lowest BCUT2D eigenvalue weighted by atomic mass is 10.3. The molecular weight excluding hydrogens is 308 g/mol. The molecule has 0 aromatic carbocycles. The third-order valence-electron chi connectivity index (χ3n) is 3.22. The molecule has 0 saturated heterocycles. The van der Waals surface area contributed by atoms with E-state index in [4.69, 9.17) is 0 Å². The van der Waals surface area contributed by atoms with Crippen LogP contribution in [0.2, 0.25) is 0 Å². The second kappa shape index (κ2) is 6.76. The fourth-order valence-electron chi connectivity index (χ4n) is 2.08. The Bertz CT molecular complexity index is 690. The molecule has 0 aliphatic carbocycles. The first kappa shape index (κ1) is 16.3. The third kappa shape index (κ3) is 4.18. The highest BCUT2D eigenvalue weighted by Gasteiger charge is 2.17. The van der Waals surface area contributed by atoms with Crippen molar-refractivity contribution in [2.45, 2.75) is 19.9 Å². The Hall–Kier alpha value is -1.12. The summed E-state index contributed by atoms with van der Waals surface area (Å²) in [6, 6.07) is 0. The lowest BCUT2D eigenvalue weighted by molar-refractivity contribution is 0.600. The number of thiazole rings is 1. The predicted octanol–water partition coefficient (Wildman–Crippen LogP) is 1.38. The average Bonchev–Trinajstić information content (AvgIpc) is 2.97.